The van der Waals surface area contributed by atoms with Crippen LogP contribution in [0.2, 0.25) is 0 Å². The van der Waals surface area contributed by atoms with Crippen LogP contribution in [0.3, 0.4) is 0 Å². The predicted octanol–water partition coefficient (Wildman–Crippen LogP) is 4.77. The number of nitrogen functional groups attached to an aromatic ring is 1. The number of hydrogen-bond acceptors (Lipinski definition) is 5. The van der Waals surface area contributed by atoms with Gasteiger partial charge in [0.05, 0.1) is 11.5 Å². The summed E-state index contributed by atoms with van der Waals surface area (Å²) in [6.07, 6.45) is 1.59. The van der Waals surface area contributed by atoms with Crippen LogP contribution < -0.4 is 11.1 Å². The smallest absolute Gasteiger partial charge is 0.306 e. The van der Waals surface area contributed by atoms with E-state index >= 15 is 0 Å². The van der Waals surface area contributed by atoms with Crippen LogP contribution in [0.1, 0.15) is 66.1 Å². The molecule has 0 aliphatic carbocycles. The van der Waals surface area contributed by atoms with E-state index in [1.165, 1.54) is 12.1 Å². The molecule has 1 heterocycles. The van der Waals surface area contributed by atoms with Gasteiger partial charge < -0.3 is 20.7 Å². The summed E-state index contributed by atoms with van der Waals surface area (Å²) >= 11 is 0. The number of ether oxygens (including phenoxy) is 1. The largest absolute Gasteiger partial charge is 0.461 e. The van der Waals surface area contributed by atoms with Crippen molar-refractivity contribution in [3.05, 3.63) is 107 Å². The van der Waals surface area contributed by atoms with Gasteiger partial charge in [0.2, 0.25) is 5.91 Å². The van der Waals surface area contributed by atoms with Crippen molar-refractivity contribution in [3.63, 3.8) is 0 Å². The Labute approximate surface area is 245 Å². The molecule has 0 bridgehead atoms. The van der Waals surface area contributed by atoms with Gasteiger partial charge in [-0.15, -0.1) is 0 Å². The van der Waals surface area contributed by atoms with Crippen LogP contribution in [0.25, 0.3) is 0 Å². The van der Waals surface area contributed by atoms with Crippen molar-refractivity contribution >= 4 is 23.6 Å². The summed E-state index contributed by atoms with van der Waals surface area (Å²) in [6.45, 7) is 4.71. The molecule has 1 aliphatic heterocycles. The highest BCUT2D eigenvalue weighted by Gasteiger charge is 2.41. The molecule has 1 atom stereocenters. The number of halogens is 1. The van der Waals surface area contributed by atoms with E-state index in [1.807, 2.05) is 30.3 Å². The maximum atomic E-state index is 14.0. The van der Waals surface area contributed by atoms with Crippen LogP contribution in [-0.2, 0) is 20.9 Å². The van der Waals surface area contributed by atoms with Crippen molar-refractivity contribution in [2.45, 2.75) is 51.2 Å². The van der Waals surface area contributed by atoms with E-state index in [0.717, 1.165) is 5.56 Å². The predicted molar refractivity (Wildman–Crippen MR) is 158 cm³/mol. The van der Waals surface area contributed by atoms with Crippen LogP contribution in [0.15, 0.2) is 78.9 Å². The fraction of sp³-hybridized carbons (Fsp3) is 0.333. The zero-order chi connectivity index (χ0) is 30.3. The van der Waals surface area contributed by atoms with Crippen molar-refractivity contribution in [2.24, 2.45) is 11.7 Å². The third-order valence-electron chi connectivity index (χ3n) is 7.69. The lowest BCUT2D eigenvalue weighted by Crippen LogP contribution is -2.54. The third-order valence-corrected chi connectivity index (χ3v) is 7.69. The van der Waals surface area contributed by atoms with Gasteiger partial charge in [0.15, 0.2) is 0 Å². The second-order valence-electron chi connectivity index (χ2n) is 11.3. The number of nitrogens with one attached hydrogen (secondary N) is 2. The van der Waals surface area contributed by atoms with Crippen molar-refractivity contribution in [1.82, 2.24) is 10.2 Å². The standard InChI is InChI=1S/C33H37FN4O4/c1-33(2,37-31(40)26-10-8-25(9-11-26)30(35)36)29(24-12-14-27(34)15-13-24)32(41)38-18-16-22(17-19-38)20-28(39)42-21-23-6-4-3-5-7-23/h3-15,22,29H,16-21H2,1-2H3,(H3,35,36)(H,37,40). The summed E-state index contributed by atoms with van der Waals surface area (Å²) in [5.41, 5.74) is 6.86. The molecule has 0 spiro atoms. The van der Waals surface area contributed by atoms with E-state index in [1.54, 1.807) is 55.1 Å². The number of likely N-dealkylation sites (tertiary alicyclic amines) is 1. The first-order chi connectivity index (χ1) is 20.0. The lowest BCUT2D eigenvalue weighted by molar-refractivity contribution is -0.146. The number of piperidine rings is 1. The van der Waals surface area contributed by atoms with Crippen molar-refractivity contribution in [1.29, 1.82) is 5.41 Å². The minimum atomic E-state index is -1.04. The Morgan fingerprint density at radius 1 is 0.976 bits per heavy atom. The first kappa shape index (κ1) is 30.4. The molecule has 0 aromatic heterocycles. The molecule has 4 rings (SSSR count). The van der Waals surface area contributed by atoms with Gasteiger partial charge in [0, 0.05) is 30.6 Å². The molecule has 8 nitrogen and oxygen atoms in total. The quantitative estimate of drug-likeness (QED) is 0.183. The topological polar surface area (TPSA) is 126 Å². The molecule has 2 amide bonds. The number of rotatable bonds is 10. The Morgan fingerprint density at radius 3 is 2.17 bits per heavy atom. The lowest BCUT2D eigenvalue weighted by atomic mass is 9.79. The fourth-order valence-electron chi connectivity index (χ4n) is 5.33. The highest BCUT2D eigenvalue weighted by atomic mass is 19.1. The first-order valence-corrected chi connectivity index (χ1v) is 14.0. The van der Waals surface area contributed by atoms with Gasteiger partial charge in [0.1, 0.15) is 18.3 Å². The van der Waals surface area contributed by atoms with Gasteiger partial charge in [0.25, 0.3) is 5.91 Å². The Morgan fingerprint density at radius 2 is 1.57 bits per heavy atom. The number of carbonyl (C=O) groups is 3. The summed E-state index contributed by atoms with van der Waals surface area (Å²) < 4.78 is 19.2. The Hall–Kier alpha value is -4.53. The van der Waals surface area contributed by atoms with Crippen LogP contribution >= 0.6 is 0 Å². The van der Waals surface area contributed by atoms with Gasteiger partial charge >= 0.3 is 5.97 Å². The van der Waals surface area contributed by atoms with E-state index in [4.69, 9.17) is 15.9 Å². The molecule has 1 unspecified atom stereocenters. The second kappa shape index (κ2) is 13.4. The Balaban J connectivity index is 1.42. The van der Waals surface area contributed by atoms with Gasteiger partial charge in [-0.25, -0.2) is 4.39 Å². The summed E-state index contributed by atoms with van der Waals surface area (Å²) in [5, 5.41) is 10.5. The van der Waals surface area contributed by atoms with Crippen molar-refractivity contribution < 1.29 is 23.5 Å². The molecular formula is C33H37FN4O4. The third kappa shape index (κ3) is 7.81. The van der Waals surface area contributed by atoms with E-state index in [9.17, 15) is 18.8 Å². The van der Waals surface area contributed by atoms with Gasteiger partial charge in [-0.1, -0.05) is 54.6 Å². The highest BCUT2D eigenvalue weighted by molar-refractivity contribution is 5.99. The second-order valence-corrected chi connectivity index (χ2v) is 11.3. The Kier molecular flexibility index (Phi) is 9.72. The minimum Gasteiger partial charge on any atom is -0.461 e. The number of hydrogen-bond donors (Lipinski definition) is 3. The fourth-order valence-corrected chi connectivity index (χ4v) is 5.33. The summed E-state index contributed by atoms with van der Waals surface area (Å²) in [7, 11) is 0. The number of esters is 1. The van der Waals surface area contributed by atoms with Crippen LogP contribution in [-0.4, -0.2) is 47.1 Å². The van der Waals surface area contributed by atoms with E-state index in [-0.39, 0.29) is 36.1 Å². The van der Waals surface area contributed by atoms with Gasteiger partial charge in [-0.2, -0.15) is 0 Å². The number of nitrogens with two attached hydrogens (primary N) is 1. The summed E-state index contributed by atoms with van der Waals surface area (Å²) in [4.78, 5) is 41.4. The van der Waals surface area contributed by atoms with E-state index in [0.29, 0.717) is 49.0 Å². The number of benzene rings is 3. The summed E-state index contributed by atoms with van der Waals surface area (Å²) in [6, 6.07) is 21.6. The molecule has 3 aromatic carbocycles. The van der Waals surface area contributed by atoms with E-state index in [2.05, 4.69) is 5.32 Å². The van der Waals surface area contributed by atoms with Crippen molar-refractivity contribution in [2.75, 3.05) is 13.1 Å². The molecule has 9 heteroatoms. The van der Waals surface area contributed by atoms with Crippen LogP contribution in [0, 0.1) is 17.1 Å². The number of amides is 2. The number of amidine groups is 1. The van der Waals surface area contributed by atoms with E-state index < -0.39 is 17.3 Å². The molecular weight excluding hydrogens is 535 g/mol. The zero-order valence-electron chi connectivity index (χ0n) is 23.9. The monoisotopic (exact) mass is 572 g/mol. The van der Waals surface area contributed by atoms with Gasteiger partial charge in [-0.3, -0.25) is 19.8 Å². The van der Waals surface area contributed by atoms with Gasteiger partial charge in [-0.05, 0) is 68.0 Å². The Bertz CT molecular complexity index is 1400. The van der Waals surface area contributed by atoms with Crippen LogP contribution in [0.4, 0.5) is 4.39 Å². The SMILES string of the molecule is CC(C)(NC(=O)c1ccc(C(=N)N)cc1)C(C(=O)N1CCC(CC(=O)OCc2ccccc2)CC1)c1ccc(F)cc1. The molecule has 1 aliphatic rings. The molecule has 42 heavy (non-hydrogen) atoms. The molecule has 220 valence electrons. The summed E-state index contributed by atoms with van der Waals surface area (Å²) in [5.74, 6) is -2.02. The number of carbonyl (C=O) groups excluding carboxylic acids is 3. The maximum Gasteiger partial charge on any atom is 0.306 e. The lowest BCUT2D eigenvalue weighted by Gasteiger charge is -2.40. The molecule has 0 saturated carbocycles. The zero-order valence-corrected chi connectivity index (χ0v) is 23.9. The molecule has 1 fully saturated rings. The normalized spacial score (nSPS) is 14.6. The first-order valence-electron chi connectivity index (χ1n) is 14.0. The molecule has 1 saturated heterocycles. The highest BCUT2D eigenvalue weighted by Crippen LogP contribution is 2.33. The van der Waals surface area contributed by atoms with Crippen LogP contribution in [0.5, 0.6) is 0 Å². The number of nitrogens with zero attached hydrogens (tertiary/aromatic N) is 1. The minimum absolute atomic E-state index is 0.0999. The average Bonchev–Trinajstić information content (AvgIpc) is 2.97. The van der Waals surface area contributed by atoms with Crippen molar-refractivity contribution in [3.8, 4) is 0 Å². The maximum absolute atomic E-state index is 14.0. The molecule has 3 aromatic rings. The average molecular weight is 573 g/mol. The molecule has 4 N–H and O–H groups in total. The molecule has 0 radical (unpaired) electrons.